The van der Waals surface area contributed by atoms with E-state index in [-0.39, 0.29) is 17.1 Å². The van der Waals surface area contributed by atoms with Gasteiger partial charge in [0.05, 0.1) is 22.8 Å². The van der Waals surface area contributed by atoms with Gasteiger partial charge in [-0.05, 0) is 50.1 Å². The van der Waals surface area contributed by atoms with Crippen molar-refractivity contribution >= 4 is 40.8 Å². The van der Waals surface area contributed by atoms with Crippen LogP contribution in [0.25, 0.3) is 0 Å². The summed E-state index contributed by atoms with van der Waals surface area (Å²) in [4.78, 5) is 32.0. The molecule has 2 amide bonds. The molecular weight excluding hydrogens is 348 g/mol. The number of aromatic nitrogens is 1. The van der Waals surface area contributed by atoms with Crippen molar-refractivity contribution in [3.63, 3.8) is 0 Å². The van der Waals surface area contributed by atoms with Gasteiger partial charge in [0.25, 0.3) is 5.91 Å². The number of anilines is 3. The first-order chi connectivity index (χ1) is 12.6. The molecule has 2 aliphatic heterocycles. The standard InChI is InChI=1S/C19H20N4O2S/c1-12-18(24)22-15-10-13(4-6-16(15)26-12)19(25)21-14-5-7-17(20-11-14)23-8-2-3-9-23/h4-7,10-12H,2-3,8-9H2,1H3,(H,21,25)(H,22,24). The second kappa shape index (κ2) is 6.99. The van der Waals surface area contributed by atoms with Crippen molar-refractivity contribution in [3.05, 3.63) is 42.1 Å². The molecule has 2 aliphatic rings. The zero-order valence-corrected chi connectivity index (χ0v) is 15.3. The molecule has 0 saturated carbocycles. The van der Waals surface area contributed by atoms with Gasteiger partial charge < -0.3 is 15.5 Å². The maximum Gasteiger partial charge on any atom is 0.255 e. The number of hydrogen-bond donors (Lipinski definition) is 2. The first kappa shape index (κ1) is 16.9. The number of hydrogen-bond acceptors (Lipinski definition) is 5. The van der Waals surface area contributed by atoms with Crippen LogP contribution in [0.1, 0.15) is 30.1 Å². The number of benzene rings is 1. The van der Waals surface area contributed by atoms with E-state index in [1.165, 1.54) is 24.6 Å². The Morgan fingerprint density at radius 3 is 2.81 bits per heavy atom. The minimum atomic E-state index is -0.221. The van der Waals surface area contributed by atoms with Crippen molar-refractivity contribution in [2.24, 2.45) is 0 Å². The molecule has 1 unspecified atom stereocenters. The molecular formula is C19H20N4O2S. The fourth-order valence-corrected chi connectivity index (χ4v) is 4.08. The van der Waals surface area contributed by atoms with E-state index in [9.17, 15) is 9.59 Å². The van der Waals surface area contributed by atoms with Gasteiger partial charge in [0.1, 0.15) is 5.82 Å². The van der Waals surface area contributed by atoms with E-state index < -0.39 is 0 Å². The number of nitrogens with zero attached hydrogens (tertiary/aromatic N) is 2. The maximum atomic E-state index is 12.5. The molecule has 1 aromatic carbocycles. The summed E-state index contributed by atoms with van der Waals surface area (Å²) < 4.78 is 0. The maximum absolute atomic E-state index is 12.5. The molecule has 3 heterocycles. The van der Waals surface area contributed by atoms with Crippen molar-refractivity contribution in [1.82, 2.24) is 4.98 Å². The monoisotopic (exact) mass is 368 g/mol. The van der Waals surface area contributed by atoms with Gasteiger partial charge in [0, 0.05) is 23.5 Å². The molecule has 26 heavy (non-hydrogen) atoms. The van der Waals surface area contributed by atoms with Gasteiger partial charge in [-0.15, -0.1) is 11.8 Å². The highest BCUT2D eigenvalue weighted by atomic mass is 32.2. The first-order valence-corrected chi connectivity index (χ1v) is 9.62. The number of amides is 2. The predicted molar refractivity (Wildman–Crippen MR) is 104 cm³/mol. The molecule has 134 valence electrons. The van der Waals surface area contributed by atoms with Crippen LogP contribution in [0.4, 0.5) is 17.2 Å². The average Bonchev–Trinajstić information content (AvgIpc) is 3.17. The lowest BCUT2D eigenvalue weighted by atomic mass is 10.1. The summed E-state index contributed by atoms with van der Waals surface area (Å²) in [5.41, 5.74) is 1.85. The van der Waals surface area contributed by atoms with Crippen molar-refractivity contribution in [1.29, 1.82) is 0 Å². The van der Waals surface area contributed by atoms with Gasteiger partial charge in [-0.25, -0.2) is 4.98 Å². The Bertz CT molecular complexity index is 847. The SMILES string of the molecule is CC1Sc2ccc(C(=O)Nc3ccc(N4CCCC4)nc3)cc2NC1=O. The van der Waals surface area contributed by atoms with E-state index in [4.69, 9.17) is 0 Å². The minimum absolute atomic E-state index is 0.0400. The third kappa shape index (κ3) is 3.39. The van der Waals surface area contributed by atoms with Crippen LogP contribution in [0.15, 0.2) is 41.4 Å². The summed E-state index contributed by atoms with van der Waals surface area (Å²) in [6.45, 7) is 3.94. The van der Waals surface area contributed by atoms with Crippen LogP contribution in [-0.4, -0.2) is 35.1 Å². The van der Waals surface area contributed by atoms with Gasteiger partial charge in [0.15, 0.2) is 0 Å². The Hall–Kier alpha value is -2.54. The van der Waals surface area contributed by atoms with Crippen LogP contribution < -0.4 is 15.5 Å². The second-order valence-corrected chi connectivity index (χ2v) is 7.90. The highest BCUT2D eigenvalue weighted by molar-refractivity contribution is 8.00. The molecule has 2 N–H and O–H groups in total. The average molecular weight is 368 g/mol. The van der Waals surface area contributed by atoms with E-state index >= 15 is 0 Å². The number of carbonyl (C=O) groups is 2. The summed E-state index contributed by atoms with van der Waals surface area (Å²) in [5.74, 6) is 0.686. The van der Waals surface area contributed by atoms with Crippen molar-refractivity contribution in [2.75, 3.05) is 28.6 Å². The fraction of sp³-hybridized carbons (Fsp3) is 0.316. The van der Waals surface area contributed by atoms with E-state index in [1.54, 1.807) is 18.3 Å². The lowest BCUT2D eigenvalue weighted by molar-refractivity contribution is -0.115. The minimum Gasteiger partial charge on any atom is -0.357 e. The van der Waals surface area contributed by atoms with E-state index in [1.807, 2.05) is 25.1 Å². The van der Waals surface area contributed by atoms with Gasteiger partial charge >= 0.3 is 0 Å². The predicted octanol–water partition coefficient (Wildman–Crippen LogP) is 3.37. The van der Waals surface area contributed by atoms with Crippen LogP contribution in [0.3, 0.4) is 0 Å². The molecule has 7 heteroatoms. The summed E-state index contributed by atoms with van der Waals surface area (Å²) in [6, 6.07) is 9.17. The Kier molecular flexibility index (Phi) is 4.55. The smallest absolute Gasteiger partial charge is 0.255 e. The number of fused-ring (bicyclic) bond motifs is 1. The number of nitrogens with one attached hydrogen (secondary N) is 2. The number of carbonyl (C=O) groups excluding carboxylic acids is 2. The molecule has 0 spiro atoms. The van der Waals surface area contributed by atoms with E-state index in [0.717, 1.165) is 23.8 Å². The summed E-state index contributed by atoms with van der Waals surface area (Å²) >= 11 is 1.50. The lowest BCUT2D eigenvalue weighted by Crippen LogP contribution is -2.26. The third-order valence-corrected chi connectivity index (χ3v) is 5.79. The Morgan fingerprint density at radius 1 is 1.27 bits per heavy atom. The van der Waals surface area contributed by atoms with Crippen molar-refractivity contribution in [2.45, 2.75) is 29.9 Å². The zero-order valence-electron chi connectivity index (χ0n) is 14.5. The molecule has 0 radical (unpaired) electrons. The largest absolute Gasteiger partial charge is 0.357 e. The van der Waals surface area contributed by atoms with E-state index in [2.05, 4.69) is 20.5 Å². The highest BCUT2D eigenvalue weighted by Gasteiger charge is 2.23. The van der Waals surface area contributed by atoms with Crippen LogP contribution in [-0.2, 0) is 4.79 Å². The van der Waals surface area contributed by atoms with Gasteiger partial charge in [0.2, 0.25) is 5.91 Å². The topological polar surface area (TPSA) is 74.3 Å². The molecule has 0 bridgehead atoms. The molecule has 4 rings (SSSR count). The van der Waals surface area contributed by atoms with Crippen LogP contribution in [0.2, 0.25) is 0 Å². The summed E-state index contributed by atoms with van der Waals surface area (Å²) in [6.07, 6.45) is 4.08. The second-order valence-electron chi connectivity index (χ2n) is 6.51. The summed E-state index contributed by atoms with van der Waals surface area (Å²) in [5, 5.41) is 5.59. The Labute approximate surface area is 156 Å². The number of thioether (sulfide) groups is 1. The fourth-order valence-electron chi connectivity index (χ4n) is 3.15. The molecule has 0 aliphatic carbocycles. The first-order valence-electron chi connectivity index (χ1n) is 8.74. The van der Waals surface area contributed by atoms with Crippen LogP contribution in [0, 0.1) is 0 Å². The molecule has 1 atom stereocenters. The number of rotatable bonds is 3. The Morgan fingerprint density at radius 2 is 2.08 bits per heavy atom. The molecule has 2 aromatic rings. The lowest BCUT2D eigenvalue weighted by Gasteiger charge is -2.21. The van der Waals surface area contributed by atoms with Crippen molar-refractivity contribution in [3.8, 4) is 0 Å². The van der Waals surface area contributed by atoms with Gasteiger partial charge in [-0.1, -0.05) is 0 Å². The molecule has 1 aromatic heterocycles. The molecule has 1 saturated heterocycles. The van der Waals surface area contributed by atoms with Gasteiger partial charge in [-0.3, -0.25) is 9.59 Å². The van der Waals surface area contributed by atoms with Crippen molar-refractivity contribution < 1.29 is 9.59 Å². The molecule has 6 nitrogen and oxygen atoms in total. The number of pyridine rings is 1. The zero-order chi connectivity index (χ0) is 18.1. The highest BCUT2D eigenvalue weighted by Crippen LogP contribution is 2.36. The quantitative estimate of drug-likeness (QED) is 0.869. The van der Waals surface area contributed by atoms with Crippen LogP contribution in [0.5, 0.6) is 0 Å². The Balaban J connectivity index is 1.46. The molecule has 1 fully saturated rings. The summed E-state index contributed by atoms with van der Waals surface area (Å²) in [7, 11) is 0. The normalized spacial score (nSPS) is 19.0. The van der Waals surface area contributed by atoms with Crippen LogP contribution >= 0.6 is 11.8 Å². The third-order valence-electron chi connectivity index (χ3n) is 4.61. The van der Waals surface area contributed by atoms with E-state index in [0.29, 0.717) is 16.9 Å². The van der Waals surface area contributed by atoms with Gasteiger partial charge in [-0.2, -0.15) is 0 Å².